The van der Waals surface area contributed by atoms with Gasteiger partial charge in [0, 0.05) is 12.7 Å². The molecule has 0 atom stereocenters. The van der Waals surface area contributed by atoms with Crippen LogP contribution in [0.3, 0.4) is 0 Å². The summed E-state index contributed by atoms with van der Waals surface area (Å²) >= 11 is 0. The fraction of sp³-hybridized carbons (Fsp3) is 0.100. The van der Waals surface area contributed by atoms with E-state index in [0.717, 1.165) is 5.56 Å². The number of rotatable bonds is 4. The highest BCUT2D eigenvalue weighted by atomic mass is 16.4. The molecule has 0 aliphatic rings. The zero-order valence-electron chi connectivity index (χ0n) is 7.60. The van der Waals surface area contributed by atoms with Gasteiger partial charge in [-0.2, -0.15) is 0 Å². The van der Waals surface area contributed by atoms with Gasteiger partial charge >= 0.3 is 5.97 Å². The SMILES string of the molecule is N/C(=C\NCc1ccccc1)C(=O)O. The predicted octanol–water partition coefficient (Wildman–Crippen LogP) is 0.661. The lowest BCUT2D eigenvalue weighted by Gasteiger charge is -2.01. The first-order valence-corrected chi connectivity index (χ1v) is 4.16. The van der Waals surface area contributed by atoms with Gasteiger partial charge in [-0.1, -0.05) is 30.3 Å². The summed E-state index contributed by atoms with van der Waals surface area (Å²) < 4.78 is 0. The third-order valence-corrected chi connectivity index (χ3v) is 1.65. The quantitative estimate of drug-likeness (QED) is 0.612. The number of hydrogen-bond acceptors (Lipinski definition) is 3. The molecule has 0 unspecified atom stereocenters. The Morgan fingerprint density at radius 1 is 1.43 bits per heavy atom. The molecule has 0 spiro atoms. The van der Waals surface area contributed by atoms with Gasteiger partial charge in [-0.15, -0.1) is 0 Å². The molecule has 0 bridgehead atoms. The molecule has 0 heterocycles. The van der Waals surface area contributed by atoms with Crippen LogP contribution < -0.4 is 11.1 Å². The van der Waals surface area contributed by atoms with Crippen LogP contribution in [-0.2, 0) is 11.3 Å². The number of hydrogen-bond donors (Lipinski definition) is 3. The van der Waals surface area contributed by atoms with Crippen LogP contribution in [-0.4, -0.2) is 11.1 Å². The first kappa shape index (κ1) is 10.1. The standard InChI is InChI=1S/C10H12N2O2/c11-9(10(13)14)7-12-6-8-4-2-1-3-5-8/h1-5,7,12H,6,11H2,(H,13,14)/b9-7-. The van der Waals surface area contributed by atoms with E-state index in [4.69, 9.17) is 10.8 Å². The van der Waals surface area contributed by atoms with E-state index in [-0.39, 0.29) is 5.70 Å². The highest BCUT2D eigenvalue weighted by molar-refractivity contribution is 5.85. The second-order valence-corrected chi connectivity index (χ2v) is 2.77. The number of aliphatic carboxylic acids is 1. The summed E-state index contributed by atoms with van der Waals surface area (Å²) in [6, 6.07) is 9.64. The van der Waals surface area contributed by atoms with Crippen molar-refractivity contribution in [3.8, 4) is 0 Å². The second-order valence-electron chi connectivity index (χ2n) is 2.77. The van der Waals surface area contributed by atoms with E-state index in [2.05, 4.69) is 5.32 Å². The van der Waals surface area contributed by atoms with Gasteiger partial charge in [0.2, 0.25) is 0 Å². The first-order valence-electron chi connectivity index (χ1n) is 4.16. The van der Waals surface area contributed by atoms with Gasteiger partial charge in [0.1, 0.15) is 5.70 Å². The zero-order valence-corrected chi connectivity index (χ0v) is 7.60. The minimum absolute atomic E-state index is 0.194. The number of nitrogens with one attached hydrogen (secondary N) is 1. The molecule has 4 heteroatoms. The van der Waals surface area contributed by atoms with E-state index in [0.29, 0.717) is 6.54 Å². The van der Waals surface area contributed by atoms with Crippen molar-refractivity contribution in [3.63, 3.8) is 0 Å². The summed E-state index contributed by atoms with van der Waals surface area (Å²) in [4.78, 5) is 10.3. The third-order valence-electron chi connectivity index (χ3n) is 1.65. The van der Waals surface area contributed by atoms with Crippen molar-refractivity contribution in [2.45, 2.75) is 6.54 Å². The lowest BCUT2D eigenvalue weighted by molar-refractivity contribution is -0.132. The molecule has 0 radical (unpaired) electrons. The zero-order chi connectivity index (χ0) is 10.4. The van der Waals surface area contributed by atoms with Crippen molar-refractivity contribution >= 4 is 5.97 Å². The molecule has 0 saturated carbocycles. The van der Waals surface area contributed by atoms with Crippen molar-refractivity contribution in [1.29, 1.82) is 0 Å². The summed E-state index contributed by atoms with van der Waals surface area (Å²) in [5, 5.41) is 11.3. The lowest BCUT2D eigenvalue weighted by Crippen LogP contribution is -2.15. The Morgan fingerprint density at radius 3 is 2.64 bits per heavy atom. The van der Waals surface area contributed by atoms with E-state index in [1.165, 1.54) is 6.20 Å². The normalized spacial score (nSPS) is 11.0. The maximum atomic E-state index is 10.3. The second kappa shape index (κ2) is 4.91. The van der Waals surface area contributed by atoms with Crippen LogP contribution in [0.2, 0.25) is 0 Å². The Bertz CT molecular complexity index is 333. The highest BCUT2D eigenvalue weighted by Crippen LogP contribution is 1.97. The van der Waals surface area contributed by atoms with Crippen LogP contribution in [0, 0.1) is 0 Å². The number of nitrogens with two attached hydrogens (primary N) is 1. The largest absolute Gasteiger partial charge is 0.477 e. The summed E-state index contributed by atoms with van der Waals surface area (Å²) in [7, 11) is 0. The third kappa shape index (κ3) is 3.18. The highest BCUT2D eigenvalue weighted by Gasteiger charge is 1.98. The number of carbonyl (C=O) groups is 1. The molecular formula is C10H12N2O2. The molecule has 1 aromatic carbocycles. The molecule has 74 valence electrons. The van der Waals surface area contributed by atoms with Gasteiger partial charge in [0.25, 0.3) is 0 Å². The van der Waals surface area contributed by atoms with Gasteiger partial charge in [0.15, 0.2) is 0 Å². The molecule has 1 aromatic rings. The van der Waals surface area contributed by atoms with Crippen LogP contribution in [0.15, 0.2) is 42.2 Å². The Kier molecular flexibility index (Phi) is 3.55. The maximum absolute atomic E-state index is 10.3. The molecule has 4 nitrogen and oxygen atoms in total. The Hall–Kier alpha value is -1.97. The van der Waals surface area contributed by atoms with E-state index in [9.17, 15) is 4.79 Å². The molecule has 4 N–H and O–H groups in total. The molecular weight excluding hydrogens is 180 g/mol. The van der Waals surface area contributed by atoms with Gasteiger partial charge in [0.05, 0.1) is 0 Å². The molecule has 0 aliphatic carbocycles. The fourth-order valence-corrected chi connectivity index (χ4v) is 0.936. The molecule has 0 aliphatic heterocycles. The summed E-state index contributed by atoms with van der Waals surface area (Å²) in [6.07, 6.45) is 1.29. The van der Waals surface area contributed by atoms with Gasteiger partial charge in [-0.3, -0.25) is 0 Å². The minimum atomic E-state index is -1.12. The van der Waals surface area contributed by atoms with E-state index in [1.807, 2.05) is 30.3 Å². The van der Waals surface area contributed by atoms with Crippen molar-refractivity contribution < 1.29 is 9.90 Å². The number of carboxylic acid groups (broad SMARTS) is 1. The van der Waals surface area contributed by atoms with Gasteiger partial charge in [-0.25, -0.2) is 4.79 Å². The van der Waals surface area contributed by atoms with Crippen molar-refractivity contribution in [1.82, 2.24) is 5.32 Å². The summed E-state index contributed by atoms with van der Waals surface area (Å²) in [6.45, 7) is 0.564. The summed E-state index contributed by atoms with van der Waals surface area (Å²) in [5.74, 6) is -1.12. The average molecular weight is 192 g/mol. The molecule has 14 heavy (non-hydrogen) atoms. The Labute approximate surface area is 82.0 Å². The molecule has 1 rings (SSSR count). The van der Waals surface area contributed by atoms with E-state index >= 15 is 0 Å². The Morgan fingerprint density at radius 2 is 2.07 bits per heavy atom. The van der Waals surface area contributed by atoms with Gasteiger partial charge < -0.3 is 16.2 Å². The first-order chi connectivity index (χ1) is 6.70. The molecule has 0 fully saturated rings. The maximum Gasteiger partial charge on any atom is 0.353 e. The van der Waals surface area contributed by atoms with Crippen LogP contribution in [0.4, 0.5) is 0 Å². The minimum Gasteiger partial charge on any atom is -0.477 e. The lowest BCUT2D eigenvalue weighted by atomic mass is 10.2. The smallest absolute Gasteiger partial charge is 0.353 e. The van der Waals surface area contributed by atoms with Gasteiger partial charge in [-0.05, 0) is 5.56 Å². The van der Waals surface area contributed by atoms with Crippen LogP contribution >= 0.6 is 0 Å². The average Bonchev–Trinajstić information content (AvgIpc) is 2.19. The number of benzene rings is 1. The molecule has 0 aromatic heterocycles. The molecule has 0 saturated heterocycles. The fourth-order valence-electron chi connectivity index (χ4n) is 0.936. The predicted molar refractivity (Wildman–Crippen MR) is 53.2 cm³/mol. The topological polar surface area (TPSA) is 75.3 Å². The number of carboxylic acids is 1. The van der Waals surface area contributed by atoms with Crippen LogP contribution in [0.5, 0.6) is 0 Å². The monoisotopic (exact) mass is 192 g/mol. The molecule has 0 amide bonds. The van der Waals surface area contributed by atoms with Crippen molar-refractivity contribution in [2.24, 2.45) is 5.73 Å². The van der Waals surface area contributed by atoms with E-state index in [1.54, 1.807) is 0 Å². The Balaban J connectivity index is 2.43. The van der Waals surface area contributed by atoms with Crippen LogP contribution in [0.25, 0.3) is 0 Å². The van der Waals surface area contributed by atoms with E-state index < -0.39 is 5.97 Å². The van der Waals surface area contributed by atoms with Crippen LogP contribution in [0.1, 0.15) is 5.56 Å². The van der Waals surface area contributed by atoms with Crippen molar-refractivity contribution in [2.75, 3.05) is 0 Å². The summed E-state index contributed by atoms with van der Waals surface area (Å²) in [5.41, 5.74) is 6.06. The van der Waals surface area contributed by atoms with Crippen molar-refractivity contribution in [3.05, 3.63) is 47.8 Å².